The summed E-state index contributed by atoms with van der Waals surface area (Å²) >= 11 is 0. The molecule has 1 aromatic heterocycles. The molecule has 2 aromatic carbocycles. The van der Waals surface area contributed by atoms with E-state index < -0.39 is 42.5 Å². The van der Waals surface area contributed by atoms with E-state index in [0.717, 1.165) is 10.9 Å². The molecule has 0 amide bonds. The minimum absolute atomic E-state index is 0.257. The third-order valence-corrected chi connectivity index (χ3v) is 5.46. The fourth-order valence-corrected chi connectivity index (χ4v) is 3.93. The van der Waals surface area contributed by atoms with Crippen molar-refractivity contribution >= 4 is 22.8 Å². The number of nitrogens with zero attached hydrogens (tertiary/aromatic N) is 1. The number of pyridine rings is 1. The number of fused-ring (bicyclic) bond motifs is 1. The molecule has 9 nitrogen and oxygen atoms in total. The molecule has 0 unspecified atom stereocenters. The quantitative estimate of drug-likeness (QED) is 0.527. The van der Waals surface area contributed by atoms with Gasteiger partial charge in [0.2, 0.25) is 0 Å². The standard InChI is InChI=1S/C25H25NO8/c1-14(27)31-13-21-25(32-15(2)28)23(30)22(29)24(34-21)16-6-5-7-17(12-16)33-20-10-11-26-19-9-4-3-8-18(19)20/h3-12,21-25,29-30H,13H2,1-2H3/t21-,22+,23-,24-,25-/m1/s1. The summed E-state index contributed by atoms with van der Waals surface area (Å²) in [4.78, 5) is 27.1. The number of esters is 2. The van der Waals surface area contributed by atoms with Gasteiger partial charge >= 0.3 is 11.9 Å². The van der Waals surface area contributed by atoms with E-state index in [-0.39, 0.29) is 6.61 Å². The Bertz CT molecular complexity index is 1180. The van der Waals surface area contributed by atoms with Crippen molar-refractivity contribution in [3.8, 4) is 11.5 Å². The van der Waals surface area contributed by atoms with Crippen LogP contribution in [0.4, 0.5) is 0 Å². The maximum atomic E-state index is 11.5. The number of aliphatic hydroxyl groups excluding tert-OH is 2. The van der Waals surface area contributed by atoms with Crippen molar-refractivity contribution in [2.75, 3.05) is 6.61 Å². The molecule has 4 rings (SSSR count). The number of hydrogen-bond acceptors (Lipinski definition) is 9. The normalized spacial score (nSPS) is 24.4. The van der Waals surface area contributed by atoms with Crippen molar-refractivity contribution in [1.29, 1.82) is 0 Å². The van der Waals surface area contributed by atoms with Crippen molar-refractivity contribution in [3.05, 3.63) is 66.4 Å². The van der Waals surface area contributed by atoms with Gasteiger partial charge in [0.25, 0.3) is 0 Å². The molecular weight excluding hydrogens is 442 g/mol. The average Bonchev–Trinajstić information content (AvgIpc) is 2.82. The Kier molecular flexibility index (Phi) is 7.06. The van der Waals surface area contributed by atoms with E-state index in [1.165, 1.54) is 13.8 Å². The van der Waals surface area contributed by atoms with Gasteiger partial charge in [-0.25, -0.2) is 0 Å². The van der Waals surface area contributed by atoms with Crippen LogP contribution in [0.5, 0.6) is 11.5 Å². The SMILES string of the molecule is CC(=O)OC[C@H]1O[C@H](c2cccc(Oc3ccnc4ccccc34)c2)[C@@H](O)[C@@H](O)[C@@H]1OC(C)=O. The van der Waals surface area contributed by atoms with E-state index in [0.29, 0.717) is 17.1 Å². The van der Waals surface area contributed by atoms with E-state index in [9.17, 15) is 19.8 Å². The van der Waals surface area contributed by atoms with Gasteiger partial charge in [0.1, 0.15) is 42.5 Å². The first-order valence-corrected chi connectivity index (χ1v) is 10.8. The fraction of sp³-hybridized carbons (Fsp3) is 0.320. The number of aliphatic hydroxyl groups is 2. The topological polar surface area (TPSA) is 124 Å². The first kappa shape index (κ1) is 23.6. The molecule has 1 saturated heterocycles. The lowest BCUT2D eigenvalue weighted by molar-refractivity contribution is -0.242. The highest BCUT2D eigenvalue weighted by molar-refractivity contribution is 5.84. The molecule has 5 atom stereocenters. The van der Waals surface area contributed by atoms with Crippen LogP contribution in [0.25, 0.3) is 10.9 Å². The molecule has 1 aliphatic heterocycles. The fourth-order valence-electron chi connectivity index (χ4n) is 3.93. The zero-order valence-electron chi connectivity index (χ0n) is 18.7. The Hall–Kier alpha value is -3.53. The van der Waals surface area contributed by atoms with Crippen molar-refractivity contribution in [2.45, 2.75) is 44.4 Å². The molecule has 2 N–H and O–H groups in total. The number of aromatic nitrogens is 1. The number of hydrogen-bond donors (Lipinski definition) is 2. The highest BCUT2D eigenvalue weighted by Crippen LogP contribution is 2.36. The minimum atomic E-state index is -1.46. The van der Waals surface area contributed by atoms with Gasteiger partial charge in [0, 0.05) is 25.4 Å². The molecule has 0 spiro atoms. The van der Waals surface area contributed by atoms with E-state index in [1.807, 2.05) is 24.3 Å². The lowest BCUT2D eigenvalue weighted by Crippen LogP contribution is -2.57. The second kappa shape index (κ2) is 10.2. The highest BCUT2D eigenvalue weighted by Gasteiger charge is 2.47. The first-order valence-electron chi connectivity index (χ1n) is 10.8. The van der Waals surface area contributed by atoms with Crippen molar-refractivity contribution in [2.24, 2.45) is 0 Å². The maximum absolute atomic E-state index is 11.5. The summed E-state index contributed by atoms with van der Waals surface area (Å²) in [7, 11) is 0. The molecule has 0 saturated carbocycles. The number of carbonyl (C=O) groups excluding carboxylic acids is 2. The van der Waals surface area contributed by atoms with Crippen LogP contribution in [0.3, 0.4) is 0 Å². The van der Waals surface area contributed by atoms with Gasteiger partial charge in [-0.2, -0.15) is 0 Å². The largest absolute Gasteiger partial charge is 0.463 e. The predicted molar refractivity (Wildman–Crippen MR) is 120 cm³/mol. The van der Waals surface area contributed by atoms with Gasteiger partial charge in [0.15, 0.2) is 6.10 Å². The monoisotopic (exact) mass is 467 g/mol. The Morgan fingerprint density at radius 2 is 1.79 bits per heavy atom. The number of ether oxygens (including phenoxy) is 4. The smallest absolute Gasteiger partial charge is 0.303 e. The molecule has 0 aliphatic carbocycles. The molecule has 0 bridgehead atoms. The third-order valence-electron chi connectivity index (χ3n) is 5.46. The summed E-state index contributed by atoms with van der Waals surface area (Å²) in [5.74, 6) is -0.123. The molecule has 178 valence electrons. The summed E-state index contributed by atoms with van der Waals surface area (Å²) in [6.07, 6.45) is -4.39. The summed E-state index contributed by atoms with van der Waals surface area (Å²) in [6, 6.07) is 16.2. The third kappa shape index (κ3) is 5.17. The van der Waals surface area contributed by atoms with Gasteiger partial charge < -0.3 is 29.2 Å². The highest BCUT2D eigenvalue weighted by atomic mass is 16.6. The summed E-state index contributed by atoms with van der Waals surface area (Å²) in [5, 5.41) is 22.3. The van der Waals surface area contributed by atoms with Crippen LogP contribution in [0.1, 0.15) is 25.5 Å². The average molecular weight is 467 g/mol. The van der Waals surface area contributed by atoms with E-state index in [4.69, 9.17) is 18.9 Å². The summed E-state index contributed by atoms with van der Waals surface area (Å²) in [5.41, 5.74) is 1.31. The maximum Gasteiger partial charge on any atom is 0.303 e. The summed E-state index contributed by atoms with van der Waals surface area (Å²) in [6.45, 7) is 2.15. The molecule has 1 fully saturated rings. The number of rotatable bonds is 6. The van der Waals surface area contributed by atoms with Gasteiger partial charge in [-0.15, -0.1) is 0 Å². The minimum Gasteiger partial charge on any atom is -0.463 e. The Morgan fingerprint density at radius 1 is 1.00 bits per heavy atom. The predicted octanol–water partition coefficient (Wildman–Crippen LogP) is 2.68. The molecule has 1 aliphatic rings. The van der Waals surface area contributed by atoms with Crippen LogP contribution in [-0.2, 0) is 23.8 Å². The molecular formula is C25H25NO8. The molecule has 2 heterocycles. The number of benzene rings is 2. The first-order chi connectivity index (χ1) is 16.3. The van der Waals surface area contributed by atoms with E-state index >= 15 is 0 Å². The lowest BCUT2D eigenvalue weighted by Gasteiger charge is -2.42. The van der Waals surface area contributed by atoms with Gasteiger partial charge in [0.05, 0.1) is 5.52 Å². The molecule has 34 heavy (non-hydrogen) atoms. The number of para-hydroxylation sites is 1. The van der Waals surface area contributed by atoms with Gasteiger partial charge in [-0.3, -0.25) is 14.6 Å². The van der Waals surface area contributed by atoms with E-state index in [1.54, 1.807) is 36.5 Å². The molecule has 0 radical (unpaired) electrons. The summed E-state index contributed by atoms with van der Waals surface area (Å²) < 4.78 is 22.2. The number of carbonyl (C=O) groups is 2. The van der Waals surface area contributed by atoms with Gasteiger partial charge in [-0.05, 0) is 35.9 Å². The molecule has 9 heteroatoms. The van der Waals surface area contributed by atoms with Crippen molar-refractivity contribution in [3.63, 3.8) is 0 Å². The van der Waals surface area contributed by atoms with Crippen LogP contribution >= 0.6 is 0 Å². The van der Waals surface area contributed by atoms with Crippen LogP contribution < -0.4 is 4.74 Å². The van der Waals surface area contributed by atoms with E-state index in [2.05, 4.69) is 4.98 Å². The second-order valence-corrected chi connectivity index (χ2v) is 7.95. The van der Waals surface area contributed by atoms with Crippen molar-refractivity contribution in [1.82, 2.24) is 4.98 Å². The molecule has 3 aromatic rings. The van der Waals surface area contributed by atoms with Crippen LogP contribution in [-0.4, -0.2) is 58.2 Å². The zero-order chi connectivity index (χ0) is 24.2. The Morgan fingerprint density at radius 3 is 2.56 bits per heavy atom. The van der Waals surface area contributed by atoms with Crippen LogP contribution in [0.2, 0.25) is 0 Å². The van der Waals surface area contributed by atoms with Gasteiger partial charge in [-0.1, -0.05) is 24.3 Å². The zero-order valence-corrected chi connectivity index (χ0v) is 18.7. The second-order valence-electron chi connectivity index (χ2n) is 7.95. The Labute approximate surface area is 195 Å². The Balaban J connectivity index is 1.60. The van der Waals surface area contributed by atoms with Crippen LogP contribution in [0.15, 0.2) is 60.8 Å². The van der Waals surface area contributed by atoms with Crippen molar-refractivity contribution < 1.29 is 38.7 Å². The van der Waals surface area contributed by atoms with Crippen LogP contribution in [0, 0.1) is 0 Å². The lowest BCUT2D eigenvalue weighted by atomic mass is 9.91.